The van der Waals surface area contributed by atoms with Gasteiger partial charge in [-0.3, -0.25) is 4.79 Å². The highest BCUT2D eigenvalue weighted by Crippen LogP contribution is 2.30. The monoisotopic (exact) mass is 450 g/mol. The Morgan fingerprint density at radius 1 is 1.12 bits per heavy atom. The van der Waals surface area contributed by atoms with Gasteiger partial charge in [0, 0.05) is 23.9 Å². The summed E-state index contributed by atoms with van der Waals surface area (Å²) in [5.74, 6) is -2.46. The van der Waals surface area contributed by atoms with Crippen LogP contribution in [0.5, 0.6) is 0 Å². The van der Waals surface area contributed by atoms with Crippen LogP contribution in [0.3, 0.4) is 0 Å². The number of methoxy groups -OCH3 is 1. The fourth-order valence-corrected chi connectivity index (χ4v) is 3.24. The summed E-state index contributed by atoms with van der Waals surface area (Å²) in [4.78, 5) is 28.0. The number of ether oxygens (including phenoxy) is 1. The van der Waals surface area contributed by atoms with Gasteiger partial charge in [0.15, 0.2) is 0 Å². The Labute approximate surface area is 189 Å². The third-order valence-electron chi connectivity index (χ3n) is 4.85. The molecular formula is C24H20F2N4O3. The number of amides is 1. The van der Waals surface area contributed by atoms with Crippen molar-refractivity contribution in [2.45, 2.75) is 19.9 Å². The molecule has 3 rings (SSSR count). The van der Waals surface area contributed by atoms with Crippen molar-refractivity contribution < 1.29 is 23.1 Å². The number of aromatic nitrogens is 1. The van der Waals surface area contributed by atoms with Crippen LogP contribution in [0.15, 0.2) is 48.7 Å². The van der Waals surface area contributed by atoms with E-state index in [4.69, 9.17) is 5.26 Å². The third-order valence-corrected chi connectivity index (χ3v) is 4.85. The van der Waals surface area contributed by atoms with Crippen LogP contribution in [-0.2, 0) is 16.1 Å². The lowest BCUT2D eigenvalue weighted by Crippen LogP contribution is -2.14. The summed E-state index contributed by atoms with van der Waals surface area (Å²) in [6.45, 7) is 1.95. The van der Waals surface area contributed by atoms with E-state index in [2.05, 4.69) is 20.4 Å². The zero-order valence-electron chi connectivity index (χ0n) is 17.9. The molecule has 0 atom stereocenters. The summed E-state index contributed by atoms with van der Waals surface area (Å²) >= 11 is 0. The summed E-state index contributed by atoms with van der Waals surface area (Å²) in [5, 5.41) is 14.4. The van der Waals surface area contributed by atoms with E-state index in [0.717, 1.165) is 18.7 Å². The van der Waals surface area contributed by atoms with Crippen molar-refractivity contribution in [2.75, 3.05) is 17.7 Å². The summed E-state index contributed by atoms with van der Waals surface area (Å²) in [7, 11) is 1.13. The number of hydrogen-bond donors (Lipinski definition) is 2. The van der Waals surface area contributed by atoms with Gasteiger partial charge in [-0.05, 0) is 36.2 Å². The number of rotatable bonds is 7. The molecule has 0 saturated heterocycles. The first-order chi connectivity index (χ1) is 15.8. The van der Waals surface area contributed by atoms with E-state index in [1.807, 2.05) is 0 Å². The average molecular weight is 450 g/mol. The molecule has 7 nitrogen and oxygen atoms in total. The molecule has 0 aliphatic heterocycles. The van der Waals surface area contributed by atoms with Crippen molar-refractivity contribution in [1.82, 2.24) is 4.98 Å². The fraction of sp³-hybridized carbons (Fsp3) is 0.167. The van der Waals surface area contributed by atoms with Crippen LogP contribution in [0, 0.1) is 29.9 Å². The summed E-state index contributed by atoms with van der Waals surface area (Å²) in [5.41, 5.74) is 1.51. The Kier molecular flexibility index (Phi) is 7.31. The number of esters is 1. The Hall–Kier alpha value is -4.32. The first-order valence-electron chi connectivity index (χ1n) is 9.87. The standard InChI is InChI=1S/C24H20F2N4O3/c1-14-9-11-28-23(22(14)30-20(31)8-10-27)29-13-15-6-7-16(19(26)12-15)17-4-3-5-18(25)21(17)24(32)33-2/h3-7,9,11-12H,8,13H2,1-2H3,(H,28,29)(H,30,31). The number of nitrogens with zero attached hydrogens (tertiary/aromatic N) is 2. The van der Waals surface area contributed by atoms with Crippen molar-refractivity contribution in [1.29, 1.82) is 5.26 Å². The highest BCUT2D eigenvalue weighted by Gasteiger charge is 2.20. The molecule has 0 aliphatic carbocycles. The minimum Gasteiger partial charge on any atom is -0.465 e. The fourth-order valence-electron chi connectivity index (χ4n) is 3.24. The van der Waals surface area contributed by atoms with Gasteiger partial charge in [-0.15, -0.1) is 0 Å². The van der Waals surface area contributed by atoms with E-state index < -0.39 is 23.5 Å². The lowest BCUT2D eigenvalue weighted by atomic mass is 9.97. The van der Waals surface area contributed by atoms with Gasteiger partial charge in [-0.1, -0.05) is 24.3 Å². The van der Waals surface area contributed by atoms with Crippen molar-refractivity contribution in [3.8, 4) is 17.2 Å². The molecule has 0 unspecified atom stereocenters. The number of nitriles is 1. The van der Waals surface area contributed by atoms with Gasteiger partial charge in [0.05, 0.1) is 18.9 Å². The molecule has 0 spiro atoms. The number of carbonyl (C=O) groups excluding carboxylic acids is 2. The minimum absolute atomic E-state index is 0.0526. The second kappa shape index (κ2) is 10.3. The van der Waals surface area contributed by atoms with E-state index in [9.17, 15) is 18.4 Å². The van der Waals surface area contributed by atoms with Gasteiger partial charge >= 0.3 is 5.97 Å². The maximum Gasteiger partial charge on any atom is 0.341 e. The van der Waals surface area contributed by atoms with Gasteiger partial charge in [-0.25, -0.2) is 18.6 Å². The van der Waals surface area contributed by atoms with Gasteiger partial charge in [0.2, 0.25) is 5.91 Å². The van der Waals surface area contributed by atoms with Crippen LogP contribution in [0.4, 0.5) is 20.3 Å². The van der Waals surface area contributed by atoms with Crippen LogP contribution >= 0.6 is 0 Å². The Balaban J connectivity index is 1.85. The zero-order valence-corrected chi connectivity index (χ0v) is 17.9. The maximum absolute atomic E-state index is 14.9. The van der Waals surface area contributed by atoms with E-state index in [1.165, 1.54) is 24.3 Å². The largest absolute Gasteiger partial charge is 0.465 e. The first kappa shape index (κ1) is 23.3. The van der Waals surface area contributed by atoms with Crippen molar-refractivity contribution in [3.05, 3.63) is 77.0 Å². The molecule has 1 amide bonds. The summed E-state index contributed by atoms with van der Waals surface area (Å²) in [6.07, 6.45) is 1.26. The highest BCUT2D eigenvalue weighted by atomic mass is 19.1. The maximum atomic E-state index is 14.9. The van der Waals surface area contributed by atoms with Crippen LogP contribution < -0.4 is 10.6 Å². The van der Waals surface area contributed by atoms with Gasteiger partial charge in [-0.2, -0.15) is 5.26 Å². The molecule has 33 heavy (non-hydrogen) atoms. The first-order valence-corrected chi connectivity index (χ1v) is 9.87. The minimum atomic E-state index is -0.898. The molecule has 9 heteroatoms. The van der Waals surface area contributed by atoms with Gasteiger partial charge in [0.25, 0.3) is 0 Å². The number of halogens is 2. The number of hydrogen-bond acceptors (Lipinski definition) is 6. The lowest BCUT2D eigenvalue weighted by Gasteiger charge is -2.15. The number of carbonyl (C=O) groups is 2. The van der Waals surface area contributed by atoms with Crippen LogP contribution in [0.25, 0.3) is 11.1 Å². The molecule has 0 fully saturated rings. The van der Waals surface area contributed by atoms with Gasteiger partial charge in [0.1, 0.15) is 29.4 Å². The van der Waals surface area contributed by atoms with Crippen molar-refractivity contribution >= 4 is 23.4 Å². The quantitative estimate of drug-likeness (QED) is 0.511. The Bertz CT molecular complexity index is 1250. The number of aryl methyl sites for hydroxylation is 1. The second-order valence-corrected chi connectivity index (χ2v) is 7.06. The van der Waals surface area contributed by atoms with Crippen LogP contribution in [-0.4, -0.2) is 24.0 Å². The number of anilines is 2. The van der Waals surface area contributed by atoms with Gasteiger partial charge < -0.3 is 15.4 Å². The molecule has 0 bridgehead atoms. The molecular weight excluding hydrogens is 430 g/mol. The molecule has 3 aromatic rings. The van der Waals surface area contributed by atoms with E-state index in [0.29, 0.717) is 17.1 Å². The molecule has 1 heterocycles. The number of nitrogens with one attached hydrogen (secondary N) is 2. The molecule has 1 aromatic heterocycles. The smallest absolute Gasteiger partial charge is 0.341 e. The lowest BCUT2D eigenvalue weighted by molar-refractivity contribution is -0.115. The summed E-state index contributed by atoms with van der Waals surface area (Å²) in [6, 6.07) is 11.8. The molecule has 168 valence electrons. The Morgan fingerprint density at radius 2 is 1.91 bits per heavy atom. The van der Waals surface area contributed by atoms with Crippen molar-refractivity contribution in [3.63, 3.8) is 0 Å². The highest BCUT2D eigenvalue weighted by molar-refractivity contribution is 5.97. The predicted octanol–water partition coefficient (Wildman–Crippen LogP) is 4.59. The number of pyridine rings is 1. The molecule has 2 aromatic carbocycles. The molecule has 0 radical (unpaired) electrons. The predicted molar refractivity (Wildman–Crippen MR) is 118 cm³/mol. The summed E-state index contributed by atoms with van der Waals surface area (Å²) < 4.78 is 33.8. The third kappa shape index (κ3) is 5.30. The molecule has 0 aliphatic rings. The average Bonchev–Trinajstić information content (AvgIpc) is 2.79. The Morgan fingerprint density at radius 3 is 2.61 bits per heavy atom. The normalized spacial score (nSPS) is 10.3. The van der Waals surface area contributed by atoms with Crippen LogP contribution in [0.2, 0.25) is 0 Å². The molecule has 2 N–H and O–H groups in total. The van der Waals surface area contributed by atoms with Crippen LogP contribution in [0.1, 0.15) is 27.9 Å². The van der Waals surface area contributed by atoms with E-state index in [1.54, 1.807) is 31.3 Å². The van der Waals surface area contributed by atoms with E-state index in [-0.39, 0.29) is 29.7 Å². The topological polar surface area (TPSA) is 104 Å². The molecule has 0 saturated carbocycles. The SMILES string of the molecule is COC(=O)c1c(F)cccc1-c1ccc(CNc2nccc(C)c2NC(=O)CC#N)cc1F. The zero-order chi connectivity index (χ0) is 24.0. The van der Waals surface area contributed by atoms with E-state index >= 15 is 0 Å². The second-order valence-electron chi connectivity index (χ2n) is 7.06. The van der Waals surface area contributed by atoms with Crippen molar-refractivity contribution in [2.24, 2.45) is 0 Å². The number of benzene rings is 2.